The summed E-state index contributed by atoms with van der Waals surface area (Å²) in [5.74, 6) is -1.43. The Labute approximate surface area is 217 Å². The summed E-state index contributed by atoms with van der Waals surface area (Å²) >= 11 is 0. The zero-order valence-corrected chi connectivity index (χ0v) is 20.0. The van der Waals surface area contributed by atoms with Gasteiger partial charge in [-0.3, -0.25) is 24.8 Å². The van der Waals surface area contributed by atoms with Crippen LogP contribution in [0.4, 0.5) is 15.3 Å². The molecule has 11 heteroatoms. The lowest BCUT2D eigenvalue weighted by molar-refractivity contribution is -0.385. The zero-order chi connectivity index (χ0) is 26.6. The van der Waals surface area contributed by atoms with E-state index in [0.717, 1.165) is 16.0 Å². The highest BCUT2D eigenvalue weighted by Crippen LogP contribution is 2.40. The lowest BCUT2D eigenvalue weighted by Crippen LogP contribution is -2.69. The molecule has 3 amide bonds. The van der Waals surface area contributed by atoms with Crippen molar-refractivity contribution in [3.63, 3.8) is 0 Å². The molecule has 2 saturated heterocycles. The summed E-state index contributed by atoms with van der Waals surface area (Å²) in [6.07, 6.45) is 3.83. The van der Waals surface area contributed by atoms with Crippen molar-refractivity contribution in [2.75, 3.05) is 6.61 Å². The van der Waals surface area contributed by atoms with Crippen molar-refractivity contribution in [3.05, 3.63) is 112 Å². The van der Waals surface area contributed by atoms with Crippen LogP contribution in [0.15, 0.2) is 85.2 Å². The minimum absolute atomic E-state index is 0.0473. The Morgan fingerprint density at radius 1 is 1.11 bits per heavy atom. The molecule has 192 valence electrons. The molecule has 0 N–H and O–H groups in total. The number of hydrogen-bond donors (Lipinski definition) is 0. The topological polar surface area (TPSA) is 132 Å². The van der Waals surface area contributed by atoms with Crippen molar-refractivity contribution in [1.82, 2.24) is 14.8 Å². The Kier molecular flexibility index (Phi) is 6.81. The first-order chi connectivity index (χ1) is 18.5. The molecule has 0 radical (unpaired) electrons. The molecule has 5 rings (SSSR count). The number of ether oxygens (including phenoxy) is 2. The van der Waals surface area contributed by atoms with Crippen LogP contribution in [0.25, 0.3) is 6.08 Å². The number of rotatable bonds is 7. The number of carbonyl (C=O) groups is 3. The van der Waals surface area contributed by atoms with Crippen LogP contribution in [0.1, 0.15) is 22.7 Å². The van der Waals surface area contributed by atoms with E-state index in [-0.39, 0.29) is 17.9 Å². The van der Waals surface area contributed by atoms with Crippen molar-refractivity contribution >= 4 is 29.9 Å². The van der Waals surface area contributed by atoms with Gasteiger partial charge in [0.1, 0.15) is 19.4 Å². The van der Waals surface area contributed by atoms with E-state index in [1.165, 1.54) is 23.1 Å². The predicted octanol–water partition coefficient (Wildman–Crippen LogP) is 4.32. The number of amides is 3. The molecule has 2 aliphatic rings. The third-order valence-electron chi connectivity index (χ3n) is 6.41. The molecule has 0 unspecified atom stereocenters. The number of nitro benzene ring substituents is 1. The van der Waals surface area contributed by atoms with Crippen LogP contribution in [0, 0.1) is 16.0 Å². The number of aromatic nitrogens is 1. The minimum Gasteiger partial charge on any atom is -0.447 e. The average molecular weight is 514 g/mol. The molecule has 0 bridgehead atoms. The second kappa shape index (κ2) is 10.5. The Morgan fingerprint density at radius 2 is 1.87 bits per heavy atom. The van der Waals surface area contributed by atoms with E-state index in [0.29, 0.717) is 0 Å². The monoisotopic (exact) mass is 514 g/mol. The lowest BCUT2D eigenvalue weighted by atomic mass is 9.90. The Hall–Kier alpha value is -5.06. The maximum atomic E-state index is 13.2. The van der Waals surface area contributed by atoms with Gasteiger partial charge in [0, 0.05) is 18.5 Å². The van der Waals surface area contributed by atoms with Gasteiger partial charge >= 0.3 is 12.2 Å². The molecule has 0 spiro atoms. The summed E-state index contributed by atoms with van der Waals surface area (Å²) in [7, 11) is 0. The van der Waals surface area contributed by atoms with E-state index in [2.05, 4.69) is 4.98 Å². The molecule has 3 atom stereocenters. The fraction of sp³-hybridized carbons (Fsp3) is 0.185. The quantitative estimate of drug-likeness (QED) is 0.259. The van der Waals surface area contributed by atoms with Crippen LogP contribution in [0.5, 0.6) is 0 Å². The number of hydrogen-bond acceptors (Lipinski definition) is 8. The average Bonchev–Trinajstić information content (AvgIpc) is 3.31. The first-order valence-corrected chi connectivity index (χ1v) is 11.8. The molecule has 0 saturated carbocycles. The van der Waals surface area contributed by atoms with Gasteiger partial charge in [-0.1, -0.05) is 60.7 Å². The third-order valence-corrected chi connectivity index (χ3v) is 6.41. The standard InChI is InChI=1S/C27H22N4O7/c32-25-21(13-12-18-7-6-14-28-15-18)24(29-23(17-38-26(29)33)19-8-2-1-3-9-19)30(25)27(34)37-16-20-10-4-5-11-22(20)31(35)36/h1-15,21,23-24H,16-17H2/t21-,23-,24-/m1/s1. The molecule has 2 fully saturated rings. The van der Waals surface area contributed by atoms with Gasteiger partial charge in [0.15, 0.2) is 0 Å². The van der Waals surface area contributed by atoms with Gasteiger partial charge in [-0.05, 0) is 23.3 Å². The first-order valence-electron chi connectivity index (χ1n) is 11.8. The lowest BCUT2D eigenvalue weighted by Gasteiger charge is -2.48. The maximum Gasteiger partial charge on any atom is 0.418 e. The maximum absolute atomic E-state index is 13.2. The third kappa shape index (κ3) is 4.69. The van der Waals surface area contributed by atoms with Gasteiger partial charge < -0.3 is 9.47 Å². The van der Waals surface area contributed by atoms with Crippen molar-refractivity contribution < 1.29 is 28.8 Å². The van der Waals surface area contributed by atoms with Crippen LogP contribution in [0.3, 0.4) is 0 Å². The molecule has 3 aromatic rings. The summed E-state index contributed by atoms with van der Waals surface area (Å²) < 4.78 is 10.6. The normalized spacial score (nSPS) is 20.8. The number of benzene rings is 2. The van der Waals surface area contributed by atoms with Gasteiger partial charge in [-0.25, -0.2) is 14.5 Å². The molecule has 11 nitrogen and oxygen atoms in total. The molecular weight excluding hydrogens is 492 g/mol. The number of imide groups is 1. The molecule has 0 aliphatic carbocycles. The minimum atomic E-state index is -1.02. The van der Waals surface area contributed by atoms with Gasteiger partial charge in [0.25, 0.3) is 5.69 Å². The second-order valence-corrected chi connectivity index (χ2v) is 8.64. The highest BCUT2D eigenvalue weighted by molar-refractivity contribution is 6.01. The van der Waals surface area contributed by atoms with E-state index in [9.17, 15) is 24.5 Å². The number of β-lactam (4-membered cyclic amide) rings is 1. The van der Waals surface area contributed by atoms with E-state index in [1.807, 2.05) is 30.3 Å². The number of likely N-dealkylation sites (tertiary alicyclic amines) is 1. The number of pyridine rings is 1. The summed E-state index contributed by atoms with van der Waals surface area (Å²) in [5.41, 5.74) is 1.48. The number of nitro groups is 1. The predicted molar refractivity (Wildman–Crippen MR) is 133 cm³/mol. The summed E-state index contributed by atoms with van der Waals surface area (Å²) in [6.45, 7) is -0.374. The molecule has 1 aromatic heterocycles. The Balaban J connectivity index is 1.43. The number of carbonyl (C=O) groups excluding carboxylic acids is 3. The van der Waals surface area contributed by atoms with Crippen molar-refractivity contribution in [1.29, 1.82) is 0 Å². The van der Waals surface area contributed by atoms with Crippen molar-refractivity contribution in [3.8, 4) is 0 Å². The van der Waals surface area contributed by atoms with Crippen molar-refractivity contribution in [2.45, 2.75) is 18.8 Å². The number of cyclic esters (lactones) is 1. The van der Waals surface area contributed by atoms with Gasteiger partial charge in [-0.15, -0.1) is 0 Å². The van der Waals surface area contributed by atoms with Crippen LogP contribution in [-0.4, -0.2) is 50.6 Å². The van der Waals surface area contributed by atoms with Crippen LogP contribution in [0.2, 0.25) is 0 Å². The van der Waals surface area contributed by atoms with E-state index in [4.69, 9.17) is 9.47 Å². The van der Waals surface area contributed by atoms with E-state index in [1.54, 1.807) is 42.7 Å². The van der Waals surface area contributed by atoms with Crippen LogP contribution >= 0.6 is 0 Å². The molecule has 38 heavy (non-hydrogen) atoms. The largest absolute Gasteiger partial charge is 0.447 e. The summed E-state index contributed by atoms with van der Waals surface area (Å²) in [5, 5.41) is 11.3. The van der Waals surface area contributed by atoms with Gasteiger partial charge in [0.05, 0.1) is 22.4 Å². The molecule has 2 aliphatic heterocycles. The molecular formula is C27H22N4O7. The fourth-order valence-corrected chi connectivity index (χ4v) is 4.54. The number of para-hydroxylation sites is 1. The van der Waals surface area contributed by atoms with Gasteiger partial charge in [0.2, 0.25) is 5.91 Å². The smallest absolute Gasteiger partial charge is 0.418 e. The summed E-state index contributed by atoms with van der Waals surface area (Å²) in [6, 6.07) is 18.0. The SMILES string of the molecule is O=C(OCc1ccccc1[N+](=O)[O-])N1C(=O)[C@H](C=Cc2cccnc2)[C@@H]1N1C(=O)OC[C@@H]1c1ccccc1. The van der Waals surface area contributed by atoms with E-state index >= 15 is 0 Å². The highest BCUT2D eigenvalue weighted by Gasteiger charge is 2.58. The van der Waals surface area contributed by atoms with E-state index < -0.39 is 47.7 Å². The van der Waals surface area contributed by atoms with Crippen molar-refractivity contribution in [2.24, 2.45) is 5.92 Å². The fourth-order valence-electron chi connectivity index (χ4n) is 4.54. The first kappa shape index (κ1) is 24.6. The van der Waals surface area contributed by atoms with Crippen LogP contribution in [-0.2, 0) is 20.9 Å². The zero-order valence-electron chi connectivity index (χ0n) is 20.0. The highest BCUT2D eigenvalue weighted by atomic mass is 16.6. The molecule has 3 heterocycles. The summed E-state index contributed by atoms with van der Waals surface area (Å²) in [4.78, 5) is 56.2. The number of nitrogens with zero attached hydrogens (tertiary/aromatic N) is 4. The Morgan fingerprint density at radius 3 is 2.61 bits per heavy atom. The second-order valence-electron chi connectivity index (χ2n) is 8.64. The van der Waals surface area contributed by atoms with Gasteiger partial charge in [-0.2, -0.15) is 0 Å². The Bertz CT molecular complexity index is 1400. The van der Waals surface area contributed by atoms with Crippen LogP contribution < -0.4 is 0 Å². The molecule has 2 aromatic carbocycles.